The van der Waals surface area contributed by atoms with Gasteiger partial charge in [-0.15, -0.1) is 0 Å². The number of hydrogen-bond acceptors (Lipinski definition) is 3. The molecule has 3 aromatic rings. The van der Waals surface area contributed by atoms with Gasteiger partial charge in [0.05, 0.1) is 29.7 Å². The van der Waals surface area contributed by atoms with E-state index < -0.39 is 0 Å². The van der Waals surface area contributed by atoms with Crippen molar-refractivity contribution in [2.45, 2.75) is 59.0 Å². The third-order valence-corrected chi connectivity index (χ3v) is 6.40. The van der Waals surface area contributed by atoms with Crippen LogP contribution in [0.25, 0.3) is 21.6 Å². The number of ketones is 1. The number of rotatable bonds is 4. The van der Waals surface area contributed by atoms with E-state index >= 15 is 0 Å². The summed E-state index contributed by atoms with van der Waals surface area (Å²) in [6.07, 6.45) is 5.34. The van der Waals surface area contributed by atoms with Gasteiger partial charge in [0, 0.05) is 29.7 Å². The van der Waals surface area contributed by atoms with Crippen molar-refractivity contribution in [1.82, 2.24) is 14.5 Å². The average molecular weight is 401 g/mol. The molecule has 0 N–H and O–H groups in total. The average Bonchev–Trinajstić information content (AvgIpc) is 3.02. The van der Waals surface area contributed by atoms with Gasteiger partial charge in [-0.05, 0) is 64.3 Å². The van der Waals surface area contributed by atoms with Crippen LogP contribution in [0.5, 0.6) is 0 Å². The van der Waals surface area contributed by atoms with E-state index in [1.54, 1.807) is 0 Å². The summed E-state index contributed by atoms with van der Waals surface area (Å²) in [5.74, 6) is 0.131. The summed E-state index contributed by atoms with van der Waals surface area (Å²) in [4.78, 5) is 24.0. The van der Waals surface area contributed by atoms with E-state index in [1.807, 2.05) is 44.3 Å². The second-order valence-electron chi connectivity index (χ2n) is 8.53. The fraction of sp³-hybridized carbons (Fsp3) is 0.400. The van der Waals surface area contributed by atoms with Crippen molar-refractivity contribution in [3.63, 3.8) is 0 Å². The fourth-order valence-electron chi connectivity index (χ4n) is 4.75. The molecule has 0 aliphatic carbocycles. The zero-order valence-corrected chi connectivity index (χ0v) is 18.1. The zero-order valence-electron chi connectivity index (χ0n) is 18.1. The molecule has 3 heterocycles. The first-order chi connectivity index (χ1) is 14.4. The van der Waals surface area contributed by atoms with Gasteiger partial charge in [0.1, 0.15) is 0 Å². The number of Topliss-reactive ketones (excluding diaryl/α,β-unsaturated/α-hetero) is 1. The number of benzene rings is 1. The number of piperidine rings is 1. The topological polar surface area (TPSA) is 42.5 Å². The highest BCUT2D eigenvalue weighted by atomic mass is 16.1. The van der Waals surface area contributed by atoms with Gasteiger partial charge in [-0.25, -0.2) is 4.85 Å². The van der Waals surface area contributed by atoms with Crippen molar-refractivity contribution in [2.75, 3.05) is 6.54 Å². The smallest absolute Gasteiger partial charge is 0.187 e. The first-order valence-corrected chi connectivity index (χ1v) is 10.6. The van der Waals surface area contributed by atoms with E-state index in [4.69, 9.17) is 6.57 Å². The minimum Gasteiger partial charge on any atom is -0.312 e. The highest BCUT2D eigenvalue weighted by Gasteiger charge is 2.29. The Balaban J connectivity index is 1.81. The predicted molar refractivity (Wildman–Crippen MR) is 121 cm³/mol. The third-order valence-electron chi connectivity index (χ3n) is 6.40. The van der Waals surface area contributed by atoms with E-state index in [1.165, 1.54) is 6.42 Å². The van der Waals surface area contributed by atoms with Crippen LogP contribution >= 0.6 is 0 Å². The minimum atomic E-state index is 0.131. The Bertz CT molecular complexity index is 1130. The van der Waals surface area contributed by atoms with Crippen LogP contribution in [-0.2, 0) is 0 Å². The molecule has 1 fully saturated rings. The van der Waals surface area contributed by atoms with Crippen LogP contribution in [0.4, 0.5) is 5.69 Å². The molecular weight excluding hydrogens is 372 g/mol. The predicted octanol–water partition coefficient (Wildman–Crippen LogP) is 5.64. The summed E-state index contributed by atoms with van der Waals surface area (Å²) >= 11 is 0. The van der Waals surface area contributed by atoms with E-state index in [9.17, 15) is 4.79 Å². The Labute approximate surface area is 178 Å². The molecule has 0 saturated carbocycles. The molecule has 0 unspecified atom stereocenters. The molecular formula is C25H28N4O. The molecule has 30 heavy (non-hydrogen) atoms. The number of carbonyl (C=O) groups excluding carboxylic acids is 1. The number of aromatic nitrogens is 2. The minimum absolute atomic E-state index is 0.131. The maximum Gasteiger partial charge on any atom is 0.187 e. The van der Waals surface area contributed by atoms with Gasteiger partial charge in [0.25, 0.3) is 0 Å². The summed E-state index contributed by atoms with van der Waals surface area (Å²) in [6, 6.07) is 10.4. The molecule has 1 aliphatic rings. The van der Waals surface area contributed by atoms with Crippen LogP contribution in [-0.4, -0.2) is 38.9 Å². The molecule has 1 aromatic carbocycles. The lowest BCUT2D eigenvalue weighted by Crippen LogP contribution is -2.46. The van der Waals surface area contributed by atoms with E-state index in [0.717, 1.165) is 40.8 Å². The quantitative estimate of drug-likeness (QED) is 0.420. The van der Waals surface area contributed by atoms with Crippen molar-refractivity contribution in [3.05, 3.63) is 64.8 Å². The van der Waals surface area contributed by atoms with E-state index in [2.05, 4.69) is 39.2 Å². The van der Waals surface area contributed by atoms with Gasteiger partial charge in [-0.1, -0.05) is 18.6 Å². The van der Waals surface area contributed by atoms with Crippen LogP contribution in [0, 0.1) is 20.4 Å². The normalized spacial score (nSPS) is 19.7. The SMILES string of the molecule is [C-]#[N+]c1ccc(-n2c(C)c(C(=O)CN3[C@@H](C)CCC[C@@H]3C)c3ncc(C)cc32)cc1. The lowest BCUT2D eigenvalue weighted by Gasteiger charge is -2.38. The van der Waals surface area contributed by atoms with Crippen molar-refractivity contribution in [1.29, 1.82) is 0 Å². The molecule has 1 saturated heterocycles. The summed E-state index contributed by atoms with van der Waals surface area (Å²) in [7, 11) is 0. The lowest BCUT2D eigenvalue weighted by molar-refractivity contribution is 0.0735. The second kappa shape index (κ2) is 8.04. The lowest BCUT2D eigenvalue weighted by atomic mass is 9.96. The number of nitrogens with zero attached hydrogens (tertiary/aromatic N) is 4. The largest absolute Gasteiger partial charge is 0.312 e. The second-order valence-corrected chi connectivity index (χ2v) is 8.53. The Hall–Kier alpha value is -2.97. The van der Waals surface area contributed by atoms with Crippen molar-refractivity contribution < 1.29 is 4.79 Å². The summed E-state index contributed by atoms with van der Waals surface area (Å²) in [6.45, 7) is 16.1. The van der Waals surface area contributed by atoms with Gasteiger partial charge < -0.3 is 4.57 Å². The molecule has 2 atom stereocenters. The Morgan fingerprint density at radius 1 is 1.17 bits per heavy atom. The van der Waals surface area contributed by atoms with Crippen molar-refractivity contribution in [2.24, 2.45) is 0 Å². The van der Waals surface area contributed by atoms with E-state index in [0.29, 0.717) is 29.9 Å². The highest BCUT2D eigenvalue weighted by molar-refractivity contribution is 6.09. The van der Waals surface area contributed by atoms with Gasteiger partial charge in [-0.3, -0.25) is 14.7 Å². The number of likely N-dealkylation sites (tertiary alicyclic amines) is 1. The van der Waals surface area contributed by atoms with Crippen LogP contribution in [0.2, 0.25) is 0 Å². The number of aryl methyl sites for hydroxylation is 1. The molecule has 0 amide bonds. The van der Waals surface area contributed by atoms with E-state index in [-0.39, 0.29) is 5.78 Å². The molecule has 1 aliphatic heterocycles. The van der Waals surface area contributed by atoms with Gasteiger partial charge in [0.2, 0.25) is 0 Å². The number of hydrogen-bond donors (Lipinski definition) is 0. The third kappa shape index (κ3) is 3.53. The van der Waals surface area contributed by atoms with Crippen molar-refractivity contribution in [3.8, 4) is 5.69 Å². The van der Waals surface area contributed by atoms with Crippen LogP contribution in [0.15, 0.2) is 36.5 Å². The molecule has 0 spiro atoms. The molecule has 2 aromatic heterocycles. The molecule has 154 valence electrons. The first-order valence-electron chi connectivity index (χ1n) is 10.6. The summed E-state index contributed by atoms with van der Waals surface area (Å²) in [5.41, 5.74) is 5.91. The maximum atomic E-state index is 13.5. The number of fused-ring (bicyclic) bond motifs is 1. The van der Waals surface area contributed by atoms with Crippen LogP contribution < -0.4 is 0 Å². The molecule has 0 radical (unpaired) electrons. The Morgan fingerprint density at radius 3 is 2.47 bits per heavy atom. The first kappa shape index (κ1) is 20.3. The van der Waals surface area contributed by atoms with Crippen LogP contribution in [0.3, 0.4) is 0 Å². The number of carbonyl (C=O) groups is 1. The summed E-state index contributed by atoms with van der Waals surface area (Å²) in [5, 5.41) is 0. The monoisotopic (exact) mass is 400 g/mol. The standard InChI is InChI=1S/C25H28N4O/c1-16-13-22-25(27-14-16)24(23(30)15-28-17(2)7-6-8-18(28)3)19(4)29(22)21-11-9-20(26-5)10-12-21/h9-14,17-18H,6-8,15H2,1-4H3/t17-,18-/m0/s1. The Kier molecular flexibility index (Phi) is 5.44. The Morgan fingerprint density at radius 2 is 1.83 bits per heavy atom. The van der Waals surface area contributed by atoms with Crippen LogP contribution in [0.1, 0.15) is 54.7 Å². The molecule has 0 bridgehead atoms. The fourth-order valence-corrected chi connectivity index (χ4v) is 4.75. The van der Waals surface area contributed by atoms with Gasteiger partial charge in [0.15, 0.2) is 11.5 Å². The van der Waals surface area contributed by atoms with Crippen molar-refractivity contribution >= 4 is 22.5 Å². The zero-order chi connectivity index (χ0) is 21.4. The van der Waals surface area contributed by atoms with Gasteiger partial charge >= 0.3 is 0 Å². The summed E-state index contributed by atoms with van der Waals surface area (Å²) < 4.78 is 2.10. The van der Waals surface area contributed by atoms with Gasteiger partial charge in [-0.2, -0.15) is 0 Å². The molecule has 4 rings (SSSR count). The molecule has 5 nitrogen and oxygen atoms in total. The maximum absolute atomic E-state index is 13.5. The molecule has 5 heteroatoms. The number of pyridine rings is 1. The highest BCUT2D eigenvalue weighted by Crippen LogP contribution is 2.31.